The Balaban J connectivity index is -0.000000563. The number of hydrogen-bond acceptors (Lipinski definition) is 5. The number of aromatic nitrogens is 2. The van der Waals surface area contributed by atoms with Gasteiger partial charge in [-0.1, -0.05) is 79.2 Å². The lowest BCUT2D eigenvalue weighted by Gasteiger charge is -2.22. The normalized spacial score (nSPS) is 12.3. The van der Waals surface area contributed by atoms with Crippen molar-refractivity contribution in [2.45, 2.75) is 86.0 Å². The van der Waals surface area contributed by atoms with E-state index in [1.807, 2.05) is 13.8 Å². The fourth-order valence-corrected chi connectivity index (χ4v) is 3.12. The van der Waals surface area contributed by atoms with Crippen LogP contribution in [0.25, 0.3) is 5.57 Å². The highest BCUT2D eigenvalue weighted by Gasteiger charge is 2.18. The van der Waals surface area contributed by atoms with E-state index in [2.05, 4.69) is 73.9 Å². The van der Waals surface area contributed by atoms with Crippen LogP contribution in [-0.4, -0.2) is 40.4 Å². The molecule has 0 aromatic carbocycles. The molecule has 0 aliphatic carbocycles. The number of hydrogen-bond donors (Lipinski definition) is 0. The molecular formula is C25H49N3OS. The first-order chi connectivity index (χ1) is 14.7. The van der Waals surface area contributed by atoms with Crippen LogP contribution in [0.15, 0.2) is 32.4 Å². The van der Waals surface area contributed by atoms with Crippen molar-refractivity contribution in [2.75, 3.05) is 26.7 Å². The van der Waals surface area contributed by atoms with Crippen molar-refractivity contribution in [3.8, 4) is 5.88 Å². The van der Waals surface area contributed by atoms with Crippen LogP contribution >= 0.6 is 11.7 Å². The highest BCUT2D eigenvalue weighted by Crippen LogP contribution is 2.27. The van der Waals surface area contributed by atoms with Gasteiger partial charge in [0.1, 0.15) is 5.69 Å². The number of unbranched alkanes of at least 4 members (excludes halogenated alkanes) is 5. The summed E-state index contributed by atoms with van der Waals surface area (Å²) in [5, 5.41) is 0. The molecule has 0 bridgehead atoms. The Morgan fingerprint density at radius 2 is 1.53 bits per heavy atom. The second-order valence-electron chi connectivity index (χ2n) is 6.44. The Labute approximate surface area is 192 Å². The highest BCUT2D eigenvalue weighted by molar-refractivity contribution is 6.99. The Hall–Kier alpha value is -1.46. The van der Waals surface area contributed by atoms with Crippen molar-refractivity contribution >= 4 is 17.3 Å². The summed E-state index contributed by atoms with van der Waals surface area (Å²) in [6.45, 7) is 25.5. The van der Waals surface area contributed by atoms with Crippen LogP contribution < -0.4 is 4.74 Å². The second-order valence-corrected chi connectivity index (χ2v) is 6.96. The van der Waals surface area contributed by atoms with E-state index >= 15 is 0 Å². The van der Waals surface area contributed by atoms with E-state index in [1.165, 1.54) is 55.8 Å². The van der Waals surface area contributed by atoms with E-state index in [0.717, 1.165) is 44.1 Å². The predicted octanol–water partition coefficient (Wildman–Crippen LogP) is 8.04. The van der Waals surface area contributed by atoms with Gasteiger partial charge in [0.05, 0.1) is 18.3 Å². The summed E-state index contributed by atoms with van der Waals surface area (Å²) in [4.78, 5) is 2.31. The zero-order valence-corrected chi connectivity index (χ0v) is 21.7. The van der Waals surface area contributed by atoms with Crippen molar-refractivity contribution in [1.82, 2.24) is 13.6 Å². The lowest BCUT2D eigenvalue weighted by atomic mass is 10.1. The summed E-state index contributed by atoms with van der Waals surface area (Å²) in [6.07, 6.45) is 12.3. The number of rotatable bonds is 9. The van der Waals surface area contributed by atoms with E-state index < -0.39 is 0 Å². The van der Waals surface area contributed by atoms with Crippen LogP contribution in [0.4, 0.5) is 0 Å². The standard InChI is InChI=1S/C14H23N3OS.C5H12.C2H6.2C2H4/c1-3-4-5-6-10-18-14-13(15-19-16-14)12-8-7-9-17(2)11-12;1-3-5-4-2;3*1-2/h8H,3-7,9-11H2,1-2H3;3-5H2,1-2H3;1-2H3;2*1-2H2. The Bertz CT molecular complexity index is 484. The number of ether oxygens (including phenoxy) is 1. The van der Waals surface area contributed by atoms with E-state index in [0.29, 0.717) is 0 Å². The molecule has 1 aliphatic rings. The van der Waals surface area contributed by atoms with Crippen LogP contribution in [0.1, 0.15) is 91.7 Å². The third-order valence-corrected chi connectivity index (χ3v) is 4.56. The van der Waals surface area contributed by atoms with Crippen molar-refractivity contribution in [3.63, 3.8) is 0 Å². The molecule has 0 spiro atoms. The lowest BCUT2D eigenvalue weighted by molar-refractivity contribution is 0.294. The molecule has 5 heteroatoms. The molecule has 0 radical (unpaired) electrons. The maximum absolute atomic E-state index is 5.79. The van der Waals surface area contributed by atoms with Crippen molar-refractivity contribution in [1.29, 1.82) is 0 Å². The maximum Gasteiger partial charge on any atom is 0.253 e. The molecule has 0 atom stereocenters. The molecule has 1 aromatic rings. The van der Waals surface area contributed by atoms with Gasteiger partial charge < -0.3 is 9.64 Å². The molecule has 2 rings (SSSR count). The molecule has 1 aromatic heterocycles. The molecule has 0 amide bonds. The average Bonchev–Trinajstić information content (AvgIpc) is 3.27. The SMILES string of the molecule is C=C.C=C.CC.CCCCC.CCCCCCOc1nsnc1C1=CCCN(C)C1. The molecule has 0 saturated carbocycles. The Morgan fingerprint density at radius 1 is 0.933 bits per heavy atom. The number of nitrogens with zero attached hydrogens (tertiary/aromatic N) is 3. The van der Waals surface area contributed by atoms with E-state index in [-0.39, 0.29) is 0 Å². The molecule has 4 nitrogen and oxygen atoms in total. The van der Waals surface area contributed by atoms with Gasteiger partial charge in [0.15, 0.2) is 0 Å². The molecular weight excluding hydrogens is 390 g/mol. The van der Waals surface area contributed by atoms with Gasteiger partial charge in [-0.25, -0.2) is 0 Å². The fraction of sp³-hybridized carbons (Fsp3) is 0.680. The van der Waals surface area contributed by atoms with E-state index in [4.69, 9.17) is 4.74 Å². The van der Waals surface area contributed by atoms with Gasteiger partial charge in [-0.2, -0.15) is 4.37 Å². The van der Waals surface area contributed by atoms with Gasteiger partial charge in [0, 0.05) is 13.1 Å². The van der Waals surface area contributed by atoms with Crippen LogP contribution in [-0.2, 0) is 0 Å². The third-order valence-electron chi connectivity index (χ3n) is 4.05. The molecule has 0 unspecified atom stereocenters. The van der Waals surface area contributed by atoms with Crippen LogP contribution in [0.3, 0.4) is 0 Å². The molecule has 0 N–H and O–H groups in total. The van der Waals surface area contributed by atoms with Crippen molar-refractivity contribution in [2.24, 2.45) is 0 Å². The fourth-order valence-electron chi connectivity index (χ4n) is 2.59. The minimum Gasteiger partial charge on any atom is -0.475 e. The first kappa shape index (κ1) is 33.2. The summed E-state index contributed by atoms with van der Waals surface area (Å²) in [5.74, 6) is 0.725. The maximum atomic E-state index is 5.79. The summed E-state index contributed by atoms with van der Waals surface area (Å²) >= 11 is 1.25. The molecule has 30 heavy (non-hydrogen) atoms. The molecule has 0 fully saturated rings. The molecule has 2 heterocycles. The van der Waals surface area contributed by atoms with E-state index in [9.17, 15) is 0 Å². The predicted molar refractivity (Wildman–Crippen MR) is 139 cm³/mol. The smallest absolute Gasteiger partial charge is 0.253 e. The van der Waals surface area contributed by atoms with Crippen LogP contribution in [0.2, 0.25) is 0 Å². The summed E-state index contributed by atoms with van der Waals surface area (Å²) in [5.41, 5.74) is 2.21. The number of likely N-dealkylation sites (N-methyl/N-ethyl adjacent to an activating group) is 1. The van der Waals surface area contributed by atoms with Crippen molar-refractivity contribution < 1.29 is 4.74 Å². The van der Waals surface area contributed by atoms with Gasteiger partial charge in [-0.05, 0) is 25.5 Å². The van der Waals surface area contributed by atoms with Crippen molar-refractivity contribution in [3.05, 3.63) is 38.1 Å². The Morgan fingerprint density at radius 3 is 2.03 bits per heavy atom. The zero-order valence-electron chi connectivity index (χ0n) is 20.8. The summed E-state index contributed by atoms with van der Waals surface area (Å²) in [7, 11) is 2.14. The van der Waals surface area contributed by atoms with Gasteiger partial charge in [0.25, 0.3) is 5.88 Å². The van der Waals surface area contributed by atoms with E-state index in [1.54, 1.807) is 0 Å². The lowest BCUT2D eigenvalue weighted by Crippen LogP contribution is -2.25. The quantitative estimate of drug-likeness (QED) is 0.288. The topological polar surface area (TPSA) is 38.3 Å². The second kappa shape index (κ2) is 27.5. The minimum absolute atomic E-state index is 0.725. The first-order valence-electron chi connectivity index (χ1n) is 11.6. The highest BCUT2D eigenvalue weighted by atomic mass is 32.1. The minimum atomic E-state index is 0.725. The summed E-state index contributed by atoms with van der Waals surface area (Å²) in [6, 6.07) is 0. The van der Waals surface area contributed by atoms with Gasteiger partial charge in [-0.3, -0.25) is 0 Å². The first-order valence-corrected chi connectivity index (χ1v) is 12.3. The van der Waals surface area contributed by atoms with Gasteiger partial charge >= 0.3 is 0 Å². The third kappa shape index (κ3) is 17.4. The zero-order chi connectivity index (χ0) is 23.6. The molecule has 0 saturated heterocycles. The van der Waals surface area contributed by atoms with Crippen LogP contribution in [0.5, 0.6) is 5.88 Å². The monoisotopic (exact) mass is 439 g/mol. The van der Waals surface area contributed by atoms with Gasteiger partial charge in [-0.15, -0.1) is 30.7 Å². The molecule has 1 aliphatic heterocycles. The van der Waals surface area contributed by atoms with Gasteiger partial charge in [0.2, 0.25) is 0 Å². The largest absolute Gasteiger partial charge is 0.475 e. The summed E-state index contributed by atoms with van der Waals surface area (Å²) < 4.78 is 14.5. The van der Waals surface area contributed by atoms with Crippen LogP contribution in [0, 0.1) is 0 Å². The Kier molecular flexibility index (Phi) is 30.5. The molecule has 176 valence electrons. The average molecular weight is 440 g/mol.